The normalized spacial score (nSPS) is 28.9. The molecule has 0 aromatic carbocycles. The van der Waals surface area contributed by atoms with Crippen LogP contribution in [0.4, 0.5) is 0 Å². The van der Waals surface area contributed by atoms with Gasteiger partial charge in [0, 0.05) is 4.88 Å². The van der Waals surface area contributed by atoms with E-state index in [-0.39, 0.29) is 0 Å². The van der Waals surface area contributed by atoms with Gasteiger partial charge in [0.25, 0.3) is 0 Å². The summed E-state index contributed by atoms with van der Waals surface area (Å²) in [6.07, 6.45) is 1.30. The van der Waals surface area contributed by atoms with Crippen LogP contribution in [0.1, 0.15) is 17.2 Å². The zero-order valence-corrected chi connectivity index (χ0v) is 8.49. The highest BCUT2D eigenvalue weighted by Gasteiger charge is 2.37. The van der Waals surface area contributed by atoms with E-state index in [1.54, 1.807) is 0 Å². The van der Waals surface area contributed by atoms with Gasteiger partial charge in [0.2, 0.25) is 0 Å². The molecule has 0 radical (unpaired) electrons. The molecule has 0 amide bonds. The first-order valence-electron chi connectivity index (χ1n) is 3.76. The second kappa shape index (κ2) is 2.88. The highest BCUT2D eigenvalue weighted by Crippen LogP contribution is 2.49. The molecule has 2 N–H and O–H groups in total. The largest absolute Gasteiger partial charge is 0.330 e. The number of hydrogen-bond donors (Lipinski definition) is 1. The number of hydrogen-bond acceptors (Lipinski definition) is 2. The molecule has 0 aliphatic heterocycles. The van der Waals surface area contributed by atoms with Gasteiger partial charge in [-0.1, -0.05) is 0 Å². The maximum atomic E-state index is 5.56. The number of nitrogens with two attached hydrogens (primary N) is 1. The van der Waals surface area contributed by atoms with Crippen LogP contribution in [0.5, 0.6) is 0 Å². The average Bonchev–Trinajstić information content (AvgIpc) is 2.68. The van der Waals surface area contributed by atoms with Crippen LogP contribution in [-0.4, -0.2) is 6.54 Å². The van der Waals surface area contributed by atoms with Crippen LogP contribution in [0.25, 0.3) is 0 Å². The van der Waals surface area contributed by atoms with Crippen molar-refractivity contribution in [3.05, 3.63) is 20.8 Å². The molecule has 0 saturated heterocycles. The van der Waals surface area contributed by atoms with Crippen molar-refractivity contribution >= 4 is 27.3 Å². The number of halogens is 1. The van der Waals surface area contributed by atoms with Crippen LogP contribution in [0.15, 0.2) is 15.9 Å². The Hall–Kier alpha value is 0.140. The van der Waals surface area contributed by atoms with Gasteiger partial charge in [-0.3, -0.25) is 0 Å². The average molecular weight is 232 g/mol. The van der Waals surface area contributed by atoms with E-state index in [2.05, 4.69) is 28.1 Å². The number of thiophene rings is 1. The van der Waals surface area contributed by atoms with Gasteiger partial charge in [-0.25, -0.2) is 0 Å². The fraction of sp³-hybridized carbons (Fsp3) is 0.500. The summed E-state index contributed by atoms with van der Waals surface area (Å²) in [7, 11) is 0. The Kier molecular flexibility index (Phi) is 2.04. The second-order valence-electron chi connectivity index (χ2n) is 2.98. The lowest BCUT2D eigenvalue weighted by Gasteiger charge is -1.90. The molecule has 2 rings (SSSR count). The molecule has 60 valence electrons. The molecule has 1 nitrogen and oxygen atoms in total. The molecule has 1 aliphatic carbocycles. The molecule has 0 bridgehead atoms. The van der Waals surface area contributed by atoms with Crippen LogP contribution in [0.2, 0.25) is 0 Å². The van der Waals surface area contributed by atoms with Crippen LogP contribution < -0.4 is 5.73 Å². The summed E-state index contributed by atoms with van der Waals surface area (Å²) in [6, 6.07) is 4.32. The smallest absolute Gasteiger partial charge is 0.0701 e. The van der Waals surface area contributed by atoms with E-state index < -0.39 is 0 Å². The molecule has 1 saturated carbocycles. The molecular formula is C8H10BrNS. The minimum atomic E-state index is 0.764. The van der Waals surface area contributed by atoms with E-state index in [1.807, 2.05) is 11.3 Å². The van der Waals surface area contributed by atoms with Gasteiger partial charge in [0.1, 0.15) is 0 Å². The predicted molar refractivity (Wildman–Crippen MR) is 51.9 cm³/mol. The Morgan fingerprint density at radius 1 is 1.64 bits per heavy atom. The first kappa shape index (κ1) is 7.77. The standard InChI is InChI=1S/C8H10BrNS/c9-8-2-1-7(11-8)6-3-5(6)4-10/h1-2,5-6H,3-4,10H2. The predicted octanol–water partition coefficient (Wildman–Crippen LogP) is 2.57. The lowest BCUT2D eigenvalue weighted by molar-refractivity contribution is 0.815. The quantitative estimate of drug-likeness (QED) is 0.833. The highest BCUT2D eigenvalue weighted by atomic mass is 79.9. The highest BCUT2D eigenvalue weighted by molar-refractivity contribution is 9.11. The van der Waals surface area contributed by atoms with Crippen LogP contribution in [0.3, 0.4) is 0 Å². The molecule has 2 atom stereocenters. The summed E-state index contributed by atoms with van der Waals surface area (Å²) in [5.74, 6) is 1.54. The lowest BCUT2D eigenvalue weighted by Crippen LogP contribution is -2.01. The van der Waals surface area contributed by atoms with Gasteiger partial charge >= 0.3 is 0 Å². The van der Waals surface area contributed by atoms with E-state index >= 15 is 0 Å². The lowest BCUT2D eigenvalue weighted by atomic mass is 10.3. The molecular weight excluding hydrogens is 222 g/mol. The third-order valence-electron chi connectivity index (χ3n) is 2.18. The van der Waals surface area contributed by atoms with Crippen molar-refractivity contribution in [1.29, 1.82) is 0 Å². The van der Waals surface area contributed by atoms with Crippen LogP contribution >= 0.6 is 27.3 Å². The fourth-order valence-electron chi connectivity index (χ4n) is 1.38. The van der Waals surface area contributed by atoms with Gasteiger partial charge in [-0.05, 0) is 52.9 Å². The SMILES string of the molecule is NCC1CC1c1ccc(Br)s1. The monoisotopic (exact) mass is 231 g/mol. The molecule has 1 heterocycles. The summed E-state index contributed by atoms with van der Waals surface area (Å²) in [4.78, 5) is 1.49. The second-order valence-corrected chi connectivity index (χ2v) is 5.47. The zero-order valence-electron chi connectivity index (χ0n) is 6.09. The van der Waals surface area contributed by atoms with E-state index in [4.69, 9.17) is 5.73 Å². The van der Waals surface area contributed by atoms with E-state index in [0.29, 0.717) is 0 Å². The third-order valence-corrected chi connectivity index (χ3v) is 3.94. The Morgan fingerprint density at radius 2 is 2.45 bits per heavy atom. The van der Waals surface area contributed by atoms with Crippen molar-refractivity contribution in [3.63, 3.8) is 0 Å². The molecule has 1 aromatic rings. The summed E-state index contributed by atoms with van der Waals surface area (Å²) >= 11 is 5.30. The molecule has 1 aliphatic rings. The first-order chi connectivity index (χ1) is 5.31. The Labute approximate surface area is 78.7 Å². The van der Waals surface area contributed by atoms with Crippen molar-refractivity contribution in [1.82, 2.24) is 0 Å². The van der Waals surface area contributed by atoms with E-state index in [9.17, 15) is 0 Å². The van der Waals surface area contributed by atoms with E-state index in [0.717, 1.165) is 18.4 Å². The maximum absolute atomic E-state index is 5.56. The summed E-state index contributed by atoms with van der Waals surface area (Å²) < 4.78 is 1.23. The number of rotatable bonds is 2. The topological polar surface area (TPSA) is 26.0 Å². The van der Waals surface area contributed by atoms with E-state index in [1.165, 1.54) is 15.1 Å². The van der Waals surface area contributed by atoms with Gasteiger partial charge in [0.15, 0.2) is 0 Å². The minimum absolute atomic E-state index is 0.764. The molecule has 0 spiro atoms. The van der Waals surface area contributed by atoms with Crippen LogP contribution in [-0.2, 0) is 0 Å². The molecule has 1 aromatic heterocycles. The first-order valence-corrected chi connectivity index (χ1v) is 5.37. The van der Waals surface area contributed by atoms with Crippen molar-refractivity contribution in [2.24, 2.45) is 11.7 Å². The van der Waals surface area contributed by atoms with Gasteiger partial charge in [-0.15, -0.1) is 11.3 Å². The molecule has 1 fully saturated rings. The molecule has 11 heavy (non-hydrogen) atoms. The Morgan fingerprint density at radius 3 is 2.91 bits per heavy atom. The van der Waals surface area contributed by atoms with Crippen molar-refractivity contribution in [2.45, 2.75) is 12.3 Å². The molecule has 2 unspecified atom stereocenters. The summed E-state index contributed by atoms with van der Waals surface area (Å²) in [5.41, 5.74) is 5.56. The van der Waals surface area contributed by atoms with Crippen LogP contribution in [0, 0.1) is 5.92 Å². The maximum Gasteiger partial charge on any atom is 0.0701 e. The van der Waals surface area contributed by atoms with Gasteiger partial charge in [0.05, 0.1) is 3.79 Å². The Bertz CT molecular complexity index is 258. The fourth-order valence-corrected chi connectivity index (χ4v) is 3.01. The van der Waals surface area contributed by atoms with Gasteiger partial charge < -0.3 is 5.73 Å². The zero-order chi connectivity index (χ0) is 7.84. The molecule has 3 heteroatoms. The van der Waals surface area contributed by atoms with Gasteiger partial charge in [-0.2, -0.15) is 0 Å². The minimum Gasteiger partial charge on any atom is -0.330 e. The van der Waals surface area contributed by atoms with Crippen molar-refractivity contribution < 1.29 is 0 Å². The summed E-state index contributed by atoms with van der Waals surface area (Å²) in [5, 5.41) is 0. The van der Waals surface area contributed by atoms with Crippen molar-refractivity contribution in [3.8, 4) is 0 Å². The third kappa shape index (κ3) is 1.50. The summed E-state index contributed by atoms with van der Waals surface area (Å²) in [6.45, 7) is 0.847. The van der Waals surface area contributed by atoms with Crippen molar-refractivity contribution in [2.75, 3.05) is 6.54 Å². The Balaban J connectivity index is 2.08.